The van der Waals surface area contributed by atoms with Gasteiger partial charge in [0.1, 0.15) is 0 Å². The molecule has 2 aromatic rings. The zero-order chi connectivity index (χ0) is 23.0. The molecule has 3 fully saturated rings. The number of ether oxygens (including phenoxy) is 2. The van der Waals surface area contributed by atoms with E-state index in [0.717, 1.165) is 99.9 Å². The van der Waals surface area contributed by atoms with Crippen molar-refractivity contribution < 1.29 is 14.3 Å². The van der Waals surface area contributed by atoms with Gasteiger partial charge in [-0.25, -0.2) is 14.8 Å². The van der Waals surface area contributed by atoms with Crippen molar-refractivity contribution in [2.45, 2.75) is 56.5 Å². The fourth-order valence-electron chi connectivity index (χ4n) is 5.68. The van der Waals surface area contributed by atoms with Gasteiger partial charge in [-0.1, -0.05) is 31.4 Å². The summed E-state index contributed by atoms with van der Waals surface area (Å²) >= 11 is 1.72. The van der Waals surface area contributed by atoms with E-state index in [-0.39, 0.29) is 5.97 Å². The Kier molecular flexibility index (Phi) is 6.13. The molecule has 1 aromatic heterocycles. The normalized spacial score (nSPS) is 23.8. The molecule has 180 valence electrons. The summed E-state index contributed by atoms with van der Waals surface area (Å²) in [5.74, 6) is 0.298. The Balaban J connectivity index is 1.10. The van der Waals surface area contributed by atoms with Crippen LogP contribution in [0.1, 0.15) is 50.5 Å². The van der Waals surface area contributed by atoms with Gasteiger partial charge in [-0.2, -0.15) is 0 Å². The smallest absolute Gasteiger partial charge is 0.340 e. The Morgan fingerprint density at radius 1 is 0.941 bits per heavy atom. The molecular formula is C26H32N4O3S. The number of thiazole rings is 1. The molecule has 1 saturated carbocycles. The van der Waals surface area contributed by atoms with Gasteiger partial charge < -0.3 is 14.4 Å². The van der Waals surface area contributed by atoms with E-state index in [0.29, 0.717) is 11.9 Å². The minimum absolute atomic E-state index is 0.174. The topological polar surface area (TPSA) is 67.3 Å². The van der Waals surface area contributed by atoms with E-state index in [9.17, 15) is 4.79 Å². The highest BCUT2D eigenvalue weighted by Gasteiger charge is 2.46. The lowest BCUT2D eigenvalue weighted by molar-refractivity contribution is -0.140. The summed E-state index contributed by atoms with van der Waals surface area (Å²) in [6.45, 7) is 6.03. The van der Waals surface area contributed by atoms with Crippen LogP contribution in [0.25, 0.3) is 11.3 Å². The molecule has 7 nitrogen and oxygen atoms in total. The SMILES string of the molecule is O=C1OC(c2ccc(-c3csc(N4CCN(C5CCOCC5)CC4)n3)cc2)=NC12CCCCC2. The number of nitrogens with zero attached hydrogens (tertiary/aromatic N) is 4. The number of carbonyl (C=O) groups excluding carboxylic acids is 1. The van der Waals surface area contributed by atoms with Gasteiger partial charge >= 0.3 is 5.97 Å². The first-order chi connectivity index (χ1) is 16.7. The molecule has 34 heavy (non-hydrogen) atoms. The zero-order valence-electron chi connectivity index (χ0n) is 19.6. The highest BCUT2D eigenvalue weighted by Crippen LogP contribution is 2.37. The van der Waals surface area contributed by atoms with Crippen molar-refractivity contribution in [3.63, 3.8) is 0 Å². The number of benzene rings is 1. The molecule has 1 spiro atoms. The maximum atomic E-state index is 12.5. The minimum Gasteiger partial charge on any atom is -0.405 e. The van der Waals surface area contributed by atoms with Crippen LogP contribution in [-0.2, 0) is 14.3 Å². The zero-order valence-corrected chi connectivity index (χ0v) is 20.4. The van der Waals surface area contributed by atoms with Crippen LogP contribution < -0.4 is 4.90 Å². The van der Waals surface area contributed by atoms with E-state index < -0.39 is 5.54 Å². The maximum absolute atomic E-state index is 12.5. The molecule has 8 heteroatoms. The standard InChI is InChI=1S/C26H32N4O3S/c31-24-26(10-2-1-3-11-26)28-23(33-24)20-6-4-19(5-7-20)22-18-34-25(27-22)30-14-12-29(13-15-30)21-8-16-32-17-9-21/h4-7,18,21H,1-3,8-17H2. The summed E-state index contributed by atoms with van der Waals surface area (Å²) in [7, 11) is 0. The van der Waals surface area contributed by atoms with Crippen LogP contribution in [-0.4, -0.2) is 72.7 Å². The van der Waals surface area contributed by atoms with Crippen LogP contribution in [0.2, 0.25) is 0 Å². The van der Waals surface area contributed by atoms with Crippen LogP contribution >= 0.6 is 11.3 Å². The molecule has 0 amide bonds. The Morgan fingerprint density at radius 3 is 2.38 bits per heavy atom. The molecule has 6 rings (SSSR count). The lowest BCUT2D eigenvalue weighted by Gasteiger charge is -2.40. The van der Waals surface area contributed by atoms with E-state index in [1.807, 2.05) is 12.1 Å². The molecule has 4 heterocycles. The van der Waals surface area contributed by atoms with Gasteiger partial charge in [-0.15, -0.1) is 11.3 Å². The summed E-state index contributed by atoms with van der Waals surface area (Å²) in [5.41, 5.74) is 2.29. The van der Waals surface area contributed by atoms with E-state index in [1.165, 1.54) is 6.42 Å². The molecule has 0 atom stereocenters. The van der Waals surface area contributed by atoms with Gasteiger partial charge in [0.2, 0.25) is 5.90 Å². The first kappa shape index (κ1) is 22.2. The van der Waals surface area contributed by atoms with E-state index in [2.05, 4.69) is 27.3 Å². The largest absolute Gasteiger partial charge is 0.405 e. The lowest BCUT2D eigenvalue weighted by atomic mass is 9.83. The Hall–Kier alpha value is -2.29. The lowest BCUT2D eigenvalue weighted by Crippen LogP contribution is -2.51. The molecule has 0 N–H and O–H groups in total. The highest BCUT2D eigenvalue weighted by atomic mass is 32.1. The molecule has 0 bridgehead atoms. The monoisotopic (exact) mass is 480 g/mol. The van der Waals surface area contributed by atoms with Crippen LogP contribution in [0.4, 0.5) is 5.13 Å². The van der Waals surface area contributed by atoms with E-state index >= 15 is 0 Å². The fourth-order valence-corrected chi connectivity index (χ4v) is 6.56. The number of cyclic esters (lactones) is 1. The second-order valence-corrected chi connectivity index (χ2v) is 10.7. The van der Waals surface area contributed by atoms with Crippen molar-refractivity contribution in [3.05, 3.63) is 35.2 Å². The summed E-state index contributed by atoms with van der Waals surface area (Å²) < 4.78 is 11.1. The minimum atomic E-state index is -0.634. The van der Waals surface area contributed by atoms with Crippen molar-refractivity contribution in [1.29, 1.82) is 0 Å². The number of anilines is 1. The number of hydrogen-bond acceptors (Lipinski definition) is 8. The fraction of sp³-hybridized carbons (Fsp3) is 0.577. The van der Waals surface area contributed by atoms with Gasteiger partial charge in [0.25, 0.3) is 0 Å². The Labute approximate surface area is 204 Å². The van der Waals surface area contributed by atoms with Crippen LogP contribution in [0.5, 0.6) is 0 Å². The average molecular weight is 481 g/mol. The third kappa shape index (κ3) is 4.27. The van der Waals surface area contributed by atoms with Gasteiger partial charge in [0.05, 0.1) is 5.69 Å². The number of aliphatic imine (C=N–C) groups is 1. The van der Waals surface area contributed by atoms with E-state index in [1.54, 1.807) is 11.3 Å². The number of rotatable bonds is 4. The number of aromatic nitrogens is 1. The Bertz CT molecular complexity index is 1050. The van der Waals surface area contributed by atoms with Crippen LogP contribution in [0.3, 0.4) is 0 Å². The van der Waals surface area contributed by atoms with Crippen LogP contribution in [0.15, 0.2) is 34.6 Å². The predicted octanol–water partition coefficient (Wildman–Crippen LogP) is 4.12. The summed E-state index contributed by atoms with van der Waals surface area (Å²) in [6.07, 6.45) is 7.18. The summed E-state index contributed by atoms with van der Waals surface area (Å²) in [4.78, 5) is 27.3. The maximum Gasteiger partial charge on any atom is 0.340 e. The van der Waals surface area contributed by atoms with Gasteiger partial charge in [0.15, 0.2) is 10.7 Å². The molecule has 0 radical (unpaired) electrons. The number of esters is 1. The Morgan fingerprint density at radius 2 is 1.65 bits per heavy atom. The van der Waals surface area contributed by atoms with Crippen molar-refractivity contribution >= 4 is 28.3 Å². The molecule has 3 aliphatic heterocycles. The summed E-state index contributed by atoms with van der Waals surface area (Å²) in [5, 5.41) is 3.23. The average Bonchev–Trinajstić information content (AvgIpc) is 3.51. The van der Waals surface area contributed by atoms with Crippen LogP contribution in [0, 0.1) is 0 Å². The van der Waals surface area contributed by atoms with Crippen molar-refractivity contribution in [2.24, 2.45) is 4.99 Å². The highest BCUT2D eigenvalue weighted by molar-refractivity contribution is 7.14. The van der Waals surface area contributed by atoms with Crippen molar-refractivity contribution in [2.75, 3.05) is 44.3 Å². The molecular weight excluding hydrogens is 448 g/mol. The van der Waals surface area contributed by atoms with E-state index in [4.69, 9.17) is 19.5 Å². The number of carbonyl (C=O) groups is 1. The van der Waals surface area contributed by atoms with Crippen molar-refractivity contribution in [1.82, 2.24) is 9.88 Å². The van der Waals surface area contributed by atoms with Gasteiger partial charge in [-0.3, -0.25) is 4.90 Å². The third-order valence-electron chi connectivity index (χ3n) is 7.78. The summed E-state index contributed by atoms with van der Waals surface area (Å²) in [6, 6.07) is 8.78. The second kappa shape index (κ2) is 9.40. The van der Waals surface area contributed by atoms with Crippen molar-refractivity contribution in [3.8, 4) is 11.3 Å². The second-order valence-electron chi connectivity index (χ2n) is 9.86. The molecule has 2 saturated heterocycles. The molecule has 1 aromatic carbocycles. The number of hydrogen-bond donors (Lipinski definition) is 0. The molecule has 0 unspecified atom stereocenters. The first-order valence-corrected chi connectivity index (χ1v) is 13.5. The van der Waals surface area contributed by atoms with Gasteiger partial charge in [-0.05, 0) is 37.8 Å². The predicted molar refractivity (Wildman–Crippen MR) is 134 cm³/mol. The number of piperazine rings is 1. The molecule has 4 aliphatic rings. The third-order valence-corrected chi connectivity index (χ3v) is 8.68. The van der Waals surface area contributed by atoms with Gasteiger partial charge in [0, 0.05) is 61.9 Å². The molecule has 1 aliphatic carbocycles. The quantitative estimate of drug-likeness (QED) is 0.614. The first-order valence-electron chi connectivity index (χ1n) is 12.7.